The van der Waals surface area contributed by atoms with E-state index in [4.69, 9.17) is 0 Å². The average Bonchev–Trinajstić information content (AvgIpc) is 2.55. The minimum atomic E-state index is 0.872. The normalized spacial score (nSPS) is 16.3. The lowest BCUT2D eigenvalue weighted by atomic mass is 10.6. The van der Waals surface area contributed by atoms with Crippen LogP contribution in [0.15, 0.2) is 12.2 Å². The maximum atomic E-state index is 4.29. The molecule has 0 aliphatic carbocycles. The van der Waals surface area contributed by atoms with Crippen molar-refractivity contribution in [2.24, 2.45) is 0 Å². The zero-order valence-corrected chi connectivity index (χ0v) is 7.14. The van der Waals surface area contributed by atoms with Gasteiger partial charge in [0.15, 0.2) is 0 Å². The molecule has 0 fully saturated rings. The van der Waals surface area contributed by atoms with Crippen molar-refractivity contribution in [3.8, 4) is 0 Å². The molecule has 1 aromatic heterocycles. The molecular formula is C7H9N3S. The van der Waals surface area contributed by atoms with Gasteiger partial charge in [-0.05, 0) is 6.92 Å². The predicted molar refractivity (Wildman–Crippen MR) is 46.0 cm³/mol. The van der Waals surface area contributed by atoms with Gasteiger partial charge < -0.3 is 4.90 Å². The second-order valence-corrected chi connectivity index (χ2v) is 3.23. The first-order valence-corrected chi connectivity index (χ1v) is 4.34. The van der Waals surface area contributed by atoms with Crippen molar-refractivity contribution >= 4 is 16.7 Å². The van der Waals surface area contributed by atoms with Gasteiger partial charge in [-0.15, -0.1) is 0 Å². The fourth-order valence-corrected chi connectivity index (χ4v) is 1.74. The molecule has 2 heterocycles. The monoisotopic (exact) mass is 167 g/mol. The summed E-state index contributed by atoms with van der Waals surface area (Å²) >= 11 is 1.47. The van der Waals surface area contributed by atoms with Gasteiger partial charge in [0.1, 0.15) is 5.82 Å². The second-order valence-electron chi connectivity index (χ2n) is 2.50. The fourth-order valence-electron chi connectivity index (χ4n) is 1.05. The predicted octanol–water partition coefficient (Wildman–Crippen LogP) is 1.22. The van der Waals surface area contributed by atoms with E-state index in [0.717, 1.165) is 24.0 Å². The fraction of sp³-hybridized carbons (Fsp3) is 0.429. The lowest BCUT2D eigenvalue weighted by Gasteiger charge is -2.11. The highest BCUT2D eigenvalue weighted by molar-refractivity contribution is 7.09. The van der Waals surface area contributed by atoms with E-state index in [1.54, 1.807) is 0 Å². The summed E-state index contributed by atoms with van der Waals surface area (Å²) in [6.07, 6.45) is 4.30. The highest BCUT2D eigenvalue weighted by Gasteiger charge is 2.10. The van der Waals surface area contributed by atoms with E-state index < -0.39 is 0 Å². The van der Waals surface area contributed by atoms with Gasteiger partial charge in [-0.2, -0.15) is 4.37 Å². The van der Waals surface area contributed by atoms with E-state index in [0.29, 0.717) is 0 Å². The molecule has 3 nitrogen and oxygen atoms in total. The number of anilines is 1. The molecule has 0 atom stereocenters. The van der Waals surface area contributed by atoms with E-state index in [9.17, 15) is 0 Å². The first kappa shape index (κ1) is 6.79. The molecule has 0 bridgehead atoms. The lowest BCUT2D eigenvalue weighted by molar-refractivity contribution is 0.981. The van der Waals surface area contributed by atoms with Crippen LogP contribution < -0.4 is 4.90 Å². The molecule has 0 saturated heterocycles. The lowest BCUT2D eigenvalue weighted by Crippen LogP contribution is -2.17. The molecule has 1 aliphatic rings. The van der Waals surface area contributed by atoms with Crippen LogP contribution in [0.5, 0.6) is 0 Å². The Bertz CT molecular complexity index is 271. The summed E-state index contributed by atoms with van der Waals surface area (Å²) in [5, 5.41) is 1.03. The van der Waals surface area contributed by atoms with Crippen LogP contribution in [-0.4, -0.2) is 22.4 Å². The van der Waals surface area contributed by atoms with Gasteiger partial charge in [-0.1, -0.05) is 12.2 Å². The number of nitrogens with zero attached hydrogens (tertiary/aromatic N) is 3. The van der Waals surface area contributed by atoms with Crippen molar-refractivity contribution in [3.05, 3.63) is 18.0 Å². The van der Waals surface area contributed by atoms with Gasteiger partial charge >= 0.3 is 0 Å². The van der Waals surface area contributed by atoms with E-state index in [2.05, 4.69) is 26.4 Å². The summed E-state index contributed by atoms with van der Waals surface area (Å²) in [6.45, 7) is 3.88. The molecule has 58 valence electrons. The molecule has 4 heteroatoms. The van der Waals surface area contributed by atoms with Gasteiger partial charge in [0.05, 0.1) is 0 Å². The van der Waals surface area contributed by atoms with Crippen LogP contribution in [0.1, 0.15) is 5.82 Å². The van der Waals surface area contributed by atoms with Crippen LogP contribution in [0.3, 0.4) is 0 Å². The molecule has 0 saturated carbocycles. The van der Waals surface area contributed by atoms with Crippen LogP contribution in [0.25, 0.3) is 0 Å². The van der Waals surface area contributed by atoms with Gasteiger partial charge in [0, 0.05) is 24.6 Å². The summed E-state index contributed by atoms with van der Waals surface area (Å²) in [5.74, 6) is 0.872. The minimum absolute atomic E-state index is 0.872. The first-order valence-electron chi connectivity index (χ1n) is 3.56. The topological polar surface area (TPSA) is 29.0 Å². The van der Waals surface area contributed by atoms with Crippen LogP contribution in [0.4, 0.5) is 5.13 Å². The first-order chi connectivity index (χ1) is 5.36. The number of hydrogen-bond donors (Lipinski definition) is 0. The average molecular weight is 167 g/mol. The van der Waals surface area contributed by atoms with Crippen molar-refractivity contribution in [2.75, 3.05) is 18.0 Å². The van der Waals surface area contributed by atoms with Crippen molar-refractivity contribution in [3.63, 3.8) is 0 Å². The molecular weight excluding hydrogens is 158 g/mol. The number of rotatable bonds is 1. The van der Waals surface area contributed by atoms with Crippen LogP contribution >= 0.6 is 11.5 Å². The Morgan fingerprint density at radius 3 is 2.73 bits per heavy atom. The summed E-state index contributed by atoms with van der Waals surface area (Å²) < 4.78 is 4.12. The Morgan fingerprint density at radius 2 is 2.18 bits per heavy atom. The van der Waals surface area contributed by atoms with Crippen molar-refractivity contribution in [1.29, 1.82) is 0 Å². The van der Waals surface area contributed by atoms with Gasteiger partial charge in [-0.3, -0.25) is 0 Å². The standard InChI is InChI=1S/C7H9N3S/c1-6-8-7(11-9-6)10-4-2-3-5-10/h2-3H,4-5H2,1H3. The summed E-state index contributed by atoms with van der Waals surface area (Å²) in [6, 6.07) is 0. The second kappa shape index (κ2) is 2.62. The molecule has 2 rings (SSSR count). The zero-order chi connectivity index (χ0) is 7.68. The van der Waals surface area contributed by atoms with Crippen LogP contribution in [0, 0.1) is 6.92 Å². The molecule has 0 aromatic carbocycles. The van der Waals surface area contributed by atoms with E-state index in [-0.39, 0.29) is 0 Å². The molecule has 11 heavy (non-hydrogen) atoms. The van der Waals surface area contributed by atoms with Crippen molar-refractivity contribution in [2.45, 2.75) is 6.92 Å². The van der Waals surface area contributed by atoms with Gasteiger partial charge in [-0.25, -0.2) is 4.98 Å². The minimum Gasteiger partial charge on any atom is -0.339 e. The Morgan fingerprint density at radius 1 is 1.45 bits per heavy atom. The highest BCUT2D eigenvalue weighted by atomic mass is 32.1. The van der Waals surface area contributed by atoms with Crippen molar-refractivity contribution in [1.82, 2.24) is 9.36 Å². The summed E-state index contributed by atoms with van der Waals surface area (Å²) in [5.41, 5.74) is 0. The molecule has 1 aromatic rings. The summed E-state index contributed by atoms with van der Waals surface area (Å²) in [4.78, 5) is 6.49. The molecule has 1 aliphatic heterocycles. The number of aryl methyl sites for hydroxylation is 1. The maximum absolute atomic E-state index is 4.29. The highest BCUT2D eigenvalue weighted by Crippen LogP contribution is 2.18. The third kappa shape index (κ3) is 1.26. The Labute approximate surface area is 69.5 Å². The quantitative estimate of drug-likeness (QED) is 0.589. The molecule has 0 spiro atoms. The molecule has 0 radical (unpaired) electrons. The third-order valence-corrected chi connectivity index (χ3v) is 2.47. The number of aromatic nitrogens is 2. The summed E-state index contributed by atoms with van der Waals surface area (Å²) in [7, 11) is 0. The Balaban J connectivity index is 2.17. The Kier molecular flexibility index (Phi) is 1.62. The van der Waals surface area contributed by atoms with Crippen LogP contribution in [-0.2, 0) is 0 Å². The van der Waals surface area contributed by atoms with Gasteiger partial charge in [0.25, 0.3) is 0 Å². The van der Waals surface area contributed by atoms with Gasteiger partial charge in [0.2, 0.25) is 5.13 Å². The maximum Gasteiger partial charge on any atom is 0.205 e. The zero-order valence-electron chi connectivity index (χ0n) is 6.32. The smallest absolute Gasteiger partial charge is 0.205 e. The molecule has 0 unspecified atom stereocenters. The molecule has 0 N–H and O–H groups in total. The SMILES string of the molecule is Cc1nsc(N2CC=CC2)n1. The number of hydrogen-bond acceptors (Lipinski definition) is 4. The van der Waals surface area contributed by atoms with E-state index >= 15 is 0 Å². The van der Waals surface area contributed by atoms with E-state index in [1.807, 2.05) is 6.92 Å². The largest absolute Gasteiger partial charge is 0.339 e. The molecule has 0 amide bonds. The van der Waals surface area contributed by atoms with E-state index in [1.165, 1.54) is 11.5 Å². The third-order valence-electron chi connectivity index (χ3n) is 1.61. The van der Waals surface area contributed by atoms with Crippen molar-refractivity contribution < 1.29 is 0 Å². The van der Waals surface area contributed by atoms with Crippen LogP contribution in [0.2, 0.25) is 0 Å². The Hall–Kier alpha value is -0.900.